The van der Waals surface area contributed by atoms with E-state index in [4.69, 9.17) is 0 Å². The summed E-state index contributed by atoms with van der Waals surface area (Å²) in [5.41, 5.74) is 3.61. The van der Waals surface area contributed by atoms with E-state index >= 15 is 0 Å². The maximum atomic E-state index is 13.6. The van der Waals surface area contributed by atoms with E-state index in [2.05, 4.69) is 24.3 Å². The van der Waals surface area contributed by atoms with Crippen molar-refractivity contribution in [2.45, 2.75) is 61.8 Å². The Morgan fingerprint density at radius 3 is 2.39 bits per heavy atom. The number of nitrogens with zero attached hydrogens (tertiary/aromatic N) is 1. The van der Waals surface area contributed by atoms with Gasteiger partial charge in [-0.25, -0.2) is 8.42 Å². The van der Waals surface area contributed by atoms with Crippen LogP contribution in [0.1, 0.15) is 62.0 Å². The first-order valence-corrected chi connectivity index (χ1v) is 13.6. The predicted molar refractivity (Wildman–Crippen MR) is 129 cm³/mol. The summed E-state index contributed by atoms with van der Waals surface area (Å²) in [5, 5.41) is 0. The molecule has 4 nitrogen and oxygen atoms in total. The van der Waals surface area contributed by atoms with Gasteiger partial charge < -0.3 is 0 Å². The van der Waals surface area contributed by atoms with Crippen LogP contribution in [0, 0.1) is 11.8 Å². The van der Waals surface area contributed by atoms with Gasteiger partial charge >= 0.3 is 0 Å². The largest absolute Gasteiger partial charge is 0.294 e. The van der Waals surface area contributed by atoms with Gasteiger partial charge in [0.15, 0.2) is 5.78 Å². The molecule has 2 heterocycles. The van der Waals surface area contributed by atoms with Crippen LogP contribution in [0.15, 0.2) is 77.2 Å². The summed E-state index contributed by atoms with van der Waals surface area (Å²) in [4.78, 5) is 13.7. The number of Topliss-reactive ketones (excluding diaryl/α,β-unsaturated/α-hetero) is 1. The third kappa shape index (κ3) is 3.40. The number of rotatable bonds is 2. The molecule has 0 unspecified atom stereocenters. The number of ketones is 1. The summed E-state index contributed by atoms with van der Waals surface area (Å²) in [6.45, 7) is 0. The Bertz CT molecular complexity index is 1260. The van der Waals surface area contributed by atoms with Crippen molar-refractivity contribution >= 4 is 21.5 Å². The Kier molecular flexibility index (Phi) is 5.06. The van der Waals surface area contributed by atoms with E-state index in [1.54, 1.807) is 16.4 Å². The van der Waals surface area contributed by atoms with Crippen molar-refractivity contribution < 1.29 is 13.2 Å². The lowest BCUT2D eigenvalue weighted by molar-refractivity contribution is -0.118. The first-order valence-electron chi connectivity index (χ1n) is 12.2. The highest BCUT2D eigenvalue weighted by Gasteiger charge is 2.52. The highest BCUT2D eigenvalue weighted by atomic mass is 32.2. The number of carbonyl (C=O) groups excluding carboxylic acids is 1. The van der Waals surface area contributed by atoms with Crippen LogP contribution in [-0.4, -0.2) is 24.5 Å². The van der Waals surface area contributed by atoms with Gasteiger partial charge in [-0.2, -0.15) is 0 Å². The third-order valence-electron chi connectivity index (χ3n) is 8.01. The van der Waals surface area contributed by atoms with Gasteiger partial charge in [0.1, 0.15) is 0 Å². The van der Waals surface area contributed by atoms with Crippen molar-refractivity contribution in [3.8, 4) is 0 Å². The molecule has 2 fully saturated rings. The Labute approximate surface area is 196 Å². The molecule has 33 heavy (non-hydrogen) atoms. The van der Waals surface area contributed by atoms with Gasteiger partial charge in [-0.3, -0.25) is 9.10 Å². The van der Waals surface area contributed by atoms with Gasteiger partial charge in [-0.15, -0.1) is 0 Å². The molecule has 2 aliphatic heterocycles. The van der Waals surface area contributed by atoms with Crippen LogP contribution in [0.5, 0.6) is 0 Å². The van der Waals surface area contributed by atoms with Crippen molar-refractivity contribution in [2.75, 3.05) is 0 Å². The second-order valence-corrected chi connectivity index (χ2v) is 11.7. The molecule has 0 radical (unpaired) electrons. The zero-order chi connectivity index (χ0) is 22.6. The fourth-order valence-electron chi connectivity index (χ4n) is 6.44. The molecule has 2 aliphatic carbocycles. The second kappa shape index (κ2) is 7.98. The maximum absolute atomic E-state index is 13.6. The second-order valence-electron chi connectivity index (χ2n) is 9.94. The van der Waals surface area contributed by atoms with Crippen molar-refractivity contribution in [1.82, 2.24) is 4.31 Å². The fraction of sp³-hybridized carbons (Fsp3) is 0.393. The van der Waals surface area contributed by atoms with Crippen LogP contribution in [0.2, 0.25) is 0 Å². The van der Waals surface area contributed by atoms with E-state index in [0.29, 0.717) is 17.2 Å². The zero-order valence-electron chi connectivity index (χ0n) is 18.7. The monoisotopic (exact) mass is 459 g/mol. The SMILES string of the molecule is O=C1C[C@@H]2[C@H](C/C1=C\C1CCCCC1)[C@H](c1ccccc1)C=C1c3ccccc3S(=O)(=O)N12. The highest BCUT2D eigenvalue weighted by Crippen LogP contribution is 2.53. The Morgan fingerprint density at radius 2 is 1.61 bits per heavy atom. The molecule has 2 aromatic carbocycles. The molecule has 170 valence electrons. The van der Waals surface area contributed by atoms with Crippen LogP contribution < -0.4 is 0 Å². The molecule has 5 heteroatoms. The average molecular weight is 460 g/mol. The van der Waals surface area contributed by atoms with Gasteiger partial charge in [-0.05, 0) is 48.3 Å². The van der Waals surface area contributed by atoms with Crippen LogP contribution in [-0.2, 0) is 14.8 Å². The summed E-state index contributed by atoms with van der Waals surface area (Å²) in [6, 6.07) is 17.3. The van der Waals surface area contributed by atoms with Gasteiger partial charge in [0, 0.05) is 17.9 Å². The molecule has 0 amide bonds. The van der Waals surface area contributed by atoms with Crippen LogP contribution in [0.4, 0.5) is 0 Å². The molecule has 0 saturated heterocycles. The summed E-state index contributed by atoms with van der Waals surface area (Å²) in [7, 11) is -3.66. The third-order valence-corrected chi connectivity index (χ3v) is 9.91. The quantitative estimate of drug-likeness (QED) is 0.543. The molecule has 2 saturated carbocycles. The molecular formula is C28H29NO3S. The van der Waals surface area contributed by atoms with Crippen molar-refractivity contribution in [3.05, 3.63) is 83.4 Å². The summed E-state index contributed by atoms with van der Waals surface area (Å²) in [5.74, 6) is 0.736. The minimum absolute atomic E-state index is 0.0489. The topological polar surface area (TPSA) is 54.5 Å². The Hall–Kier alpha value is -2.66. The van der Waals surface area contributed by atoms with Crippen molar-refractivity contribution in [1.29, 1.82) is 0 Å². The summed E-state index contributed by atoms with van der Waals surface area (Å²) < 4.78 is 28.7. The fourth-order valence-corrected chi connectivity index (χ4v) is 8.35. The Balaban J connectivity index is 1.46. The molecule has 4 aliphatic rings. The van der Waals surface area contributed by atoms with Crippen LogP contribution in [0.25, 0.3) is 5.70 Å². The van der Waals surface area contributed by atoms with E-state index in [1.165, 1.54) is 24.8 Å². The van der Waals surface area contributed by atoms with Crippen molar-refractivity contribution in [3.63, 3.8) is 0 Å². The zero-order valence-corrected chi connectivity index (χ0v) is 19.5. The number of sulfonamides is 1. The number of benzene rings is 2. The molecule has 0 N–H and O–H groups in total. The van der Waals surface area contributed by atoms with Gasteiger partial charge in [0.25, 0.3) is 10.0 Å². The first kappa shape index (κ1) is 20.9. The standard InChI is InChI=1S/C28H29NO3S/c30-27-18-26-24(16-21(27)15-19-9-3-1-4-10-19)23(20-11-5-2-6-12-20)17-25-22-13-7-8-14-28(22)33(31,32)29(25)26/h2,5-8,11-15,17,19,23-24,26H,1,3-4,9-10,16,18H2/b21-15+/t23-,24+,26+/m0/s1. The Morgan fingerprint density at radius 1 is 0.879 bits per heavy atom. The number of carbonyl (C=O) groups is 1. The van der Waals surface area contributed by atoms with Crippen LogP contribution >= 0.6 is 0 Å². The van der Waals surface area contributed by atoms with E-state index in [1.807, 2.05) is 30.3 Å². The first-order chi connectivity index (χ1) is 16.0. The highest BCUT2D eigenvalue weighted by molar-refractivity contribution is 7.90. The van der Waals surface area contributed by atoms with Crippen LogP contribution in [0.3, 0.4) is 0 Å². The smallest absolute Gasteiger partial charge is 0.265 e. The van der Waals surface area contributed by atoms with Crippen molar-refractivity contribution in [2.24, 2.45) is 11.8 Å². The van der Waals surface area contributed by atoms with E-state index in [-0.39, 0.29) is 30.1 Å². The summed E-state index contributed by atoms with van der Waals surface area (Å²) in [6.07, 6.45) is 11.4. The minimum Gasteiger partial charge on any atom is -0.294 e. The van der Waals surface area contributed by atoms with Gasteiger partial charge in [0.05, 0.1) is 16.6 Å². The van der Waals surface area contributed by atoms with E-state index in [9.17, 15) is 13.2 Å². The molecule has 2 aromatic rings. The molecule has 0 aromatic heterocycles. The average Bonchev–Trinajstić information content (AvgIpc) is 3.07. The lowest BCUT2D eigenvalue weighted by Gasteiger charge is -2.45. The molecule has 3 atom stereocenters. The maximum Gasteiger partial charge on any atom is 0.265 e. The normalized spacial score (nSPS) is 29.9. The van der Waals surface area contributed by atoms with E-state index < -0.39 is 10.0 Å². The lowest BCUT2D eigenvalue weighted by Crippen LogP contribution is -2.49. The lowest BCUT2D eigenvalue weighted by atomic mass is 9.68. The minimum atomic E-state index is -3.66. The summed E-state index contributed by atoms with van der Waals surface area (Å²) >= 11 is 0. The molecule has 6 rings (SSSR count). The van der Waals surface area contributed by atoms with Gasteiger partial charge in [0.2, 0.25) is 0 Å². The molecule has 0 spiro atoms. The van der Waals surface area contributed by atoms with E-state index in [0.717, 1.165) is 29.7 Å². The number of hydrogen-bond acceptors (Lipinski definition) is 3. The number of allylic oxidation sites excluding steroid dienone is 3. The molecule has 0 bridgehead atoms. The molecular weight excluding hydrogens is 430 g/mol. The number of fused-ring (bicyclic) bond motifs is 5. The predicted octanol–water partition coefficient (Wildman–Crippen LogP) is 5.68. The van der Waals surface area contributed by atoms with Gasteiger partial charge in [-0.1, -0.05) is 79.9 Å². The number of hydrogen-bond donors (Lipinski definition) is 0.